The molecule has 2 saturated heterocycles. The van der Waals surface area contributed by atoms with Gasteiger partial charge in [0.2, 0.25) is 0 Å². The highest BCUT2D eigenvalue weighted by Crippen LogP contribution is 2.33. The highest BCUT2D eigenvalue weighted by atomic mass is 16.5. The Bertz CT molecular complexity index is 172. The van der Waals surface area contributed by atoms with Crippen LogP contribution in [0.1, 0.15) is 19.8 Å². The highest BCUT2D eigenvalue weighted by Gasteiger charge is 2.44. The molecule has 0 aromatic heterocycles. The van der Waals surface area contributed by atoms with Gasteiger partial charge in [-0.05, 0) is 38.4 Å². The third-order valence-electron chi connectivity index (χ3n) is 3.50. The van der Waals surface area contributed by atoms with Crippen molar-refractivity contribution in [3.63, 3.8) is 0 Å². The molecule has 0 saturated carbocycles. The van der Waals surface area contributed by atoms with E-state index in [0.717, 1.165) is 32.5 Å². The molecular formula is C10H19NO2. The van der Waals surface area contributed by atoms with Gasteiger partial charge in [-0.3, -0.25) is 0 Å². The Labute approximate surface area is 79.7 Å². The van der Waals surface area contributed by atoms with Crippen LogP contribution in [0.3, 0.4) is 0 Å². The smallest absolute Gasteiger partial charge is 0.114 e. The maximum absolute atomic E-state index is 10.1. The molecule has 3 nitrogen and oxygen atoms in total. The number of ether oxygens (including phenoxy) is 1. The van der Waals surface area contributed by atoms with Crippen molar-refractivity contribution in [3.8, 4) is 0 Å². The lowest BCUT2D eigenvalue weighted by atomic mass is 9.79. The maximum atomic E-state index is 10.1. The Morgan fingerprint density at radius 1 is 1.38 bits per heavy atom. The van der Waals surface area contributed by atoms with Crippen molar-refractivity contribution < 1.29 is 9.84 Å². The summed E-state index contributed by atoms with van der Waals surface area (Å²) in [5.41, 5.74) is -0.472. The number of aliphatic hydroxyl groups is 1. The second kappa shape index (κ2) is 3.56. The van der Waals surface area contributed by atoms with Crippen molar-refractivity contribution in [2.45, 2.75) is 25.4 Å². The monoisotopic (exact) mass is 185 g/mol. The van der Waals surface area contributed by atoms with E-state index in [1.807, 2.05) is 0 Å². The molecule has 3 heteroatoms. The topological polar surface area (TPSA) is 32.7 Å². The van der Waals surface area contributed by atoms with E-state index in [1.54, 1.807) is 0 Å². The van der Waals surface area contributed by atoms with E-state index in [1.165, 1.54) is 0 Å². The first kappa shape index (κ1) is 9.44. The molecule has 0 radical (unpaired) electrons. The van der Waals surface area contributed by atoms with Crippen LogP contribution < -0.4 is 0 Å². The van der Waals surface area contributed by atoms with E-state index < -0.39 is 5.60 Å². The summed E-state index contributed by atoms with van der Waals surface area (Å²) in [6.07, 6.45) is 2.27. The molecule has 0 aliphatic carbocycles. The summed E-state index contributed by atoms with van der Waals surface area (Å²) in [5, 5.41) is 10.1. The zero-order chi connectivity index (χ0) is 9.31. The molecule has 76 valence electrons. The van der Waals surface area contributed by atoms with Crippen LogP contribution in [0, 0.1) is 5.92 Å². The van der Waals surface area contributed by atoms with Crippen LogP contribution in [0.25, 0.3) is 0 Å². The van der Waals surface area contributed by atoms with Gasteiger partial charge in [0.15, 0.2) is 0 Å². The summed E-state index contributed by atoms with van der Waals surface area (Å²) >= 11 is 0. The van der Waals surface area contributed by atoms with Crippen LogP contribution in [-0.2, 0) is 4.74 Å². The standard InChI is InChI=1S/C10H19NO2/c1-2-11-5-3-9(4-6-11)10(12)7-13-8-10/h9,12H,2-8H2,1H3. The third-order valence-corrected chi connectivity index (χ3v) is 3.50. The molecule has 2 fully saturated rings. The van der Waals surface area contributed by atoms with Gasteiger partial charge < -0.3 is 14.7 Å². The third kappa shape index (κ3) is 1.73. The van der Waals surface area contributed by atoms with E-state index in [2.05, 4.69) is 11.8 Å². The Hall–Kier alpha value is -0.120. The molecule has 0 amide bonds. The van der Waals surface area contributed by atoms with E-state index in [-0.39, 0.29) is 0 Å². The first-order valence-electron chi connectivity index (χ1n) is 5.27. The lowest BCUT2D eigenvalue weighted by Gasteiger charge is -2.46. The van der Waals surface area contributed by atoms with Crippen molar-refractivity contribution in [3.05, 3.63) is 0 Å². The molecule has 2 aliphatic rings. The predicted octanol–water partition coefficient (Wildman–Crippen LogP) is 0.480. The zero-order valence-corrected chi connectivity index (χ0v) is 8.33. The SMILES string of the molecule is CCN1CCC(C2(O)COC2)CC1. The van der Waals surface area contributed by atoms with Gasteiger partial charge in [-0.15, -0.1) is 0 Å². The Morgan fingerprint density at radius 2 is 2.00 bits per heavy atom. The van der Waals surface area contributed by atoms with Crippen LogP contribution >= 0.6 is 0 Å². The average molecular weight is 185 g/mol. The molecule has 13 heavy (non-hydrogen) atoms. The number of hydrogen-bond donors (Lipinski definition) is 1. The minimum atomic E-state index is -0.472. The fourth-order valence-corrected chi connectivity index (χ4v) is 2.33. The number of hydrogen-bond acceptors (Lipinski definition) is 3. The van der Waals surface area contributed by atoms with Crippen molar-refractivity contribution in [2.24, 2.45) is 5.92 Å². The number of piperidine rings is 1. The molecule has 0 unspecified atom stereocenters. The Morgan fingerprint density at radius 3 is 2.38 bits per heavy atom. The van der Waals surface area contributed by atoms with Crippen molar-refractivity contribution in [2.75, 3.05) is 32.8 Å². The second-order valence-corrected chi connectivity index (χ2v) is 4.30. The predicted molar refractivity (Wildman–Crippen MR) is 50.6 cm³/mol. The van der Waals surface area contributed by atoms with Gasteiger partial charge in [-0.1, -0.05) is 6.92 Å². The summed E-state index contributed by atoms with van der Waals surface area (Å²) in [6, 6.07) is 0. The molecule has 0 aromatic rings. The summed E-state index contributed by atoms with van der Waals surface area (Å²) in [5.74, 6) is 0.476. The van der Waals surface area contributed by atoms with Gasteiger partial charge in [0.05, 0.1) is 13.2 Å². The van der Waals surface area contributed by atoms with Crippen LogP contribution in [0.5, 0.6) is 0 Å². The maximum Gasteiger partial charge on any atom is 0.114 e. The first-order chi connectivity index (χ1) is 6.24. The van der Waals surface area contributed by atoms with Crippen LogP contribution in [0.2, 0.25) is 0 Å². The summed E-state index contributed by atoms with van der Waals surface area (Å²) in [4.78, 5) is 2.44. The Balaban J connectivity index is 1.84. The Kier molecular flexibility index (Phi) is 2.58. The van der Waals surface area contributed by atoms with Gasteiger partial charge >= 0.3 is 0 Å². The van der Waals surface area contributed by atoms with E-state index in [9.17, 15) is 5.11 Å². The van der Waals surface area contributed by atoms with E-state index >= 15 is 0 Å². The highest BCUT2D eigenvalue weighted by molar-refractivity contribution is 4.94. The molecule has 1 N–H and O–H groups in total. The zero-order valence-electron chi connectivity index (χ0n) is 8.33. The van der Waals surface area contributed by atoms with Crippen molar-refractivity contribution >= 4 is 0 Å². The number of likely N-dealkylation sites (tertiary alicyclic amines) is 1. The van der Waals surface area contributed by atoms with Gasteiger partial charge in [-0.2, -0.15) is 0 Å². The molecule has 0 spiro atoms. The summed E-state index contributed by atoms with van der Waals surface area (Å²) < 4.78 is 5.08. The van der Waals surface area contributed by atoms with Gasteiger partial charge in [0, 0.05) is 0 Å². The summed E-state index contributed by atoms with van der Waals surface area (Å²) in [6.45, 7) is 6.74. The normalized spacial score (nSPS) is 30.0. The first-order valence-corrected chi connectivity index (χ1v) is 5.27. The quantitative estimate of drug-likeness (QED) is 0.679. The number of rotatable bonds is 2. The number of nitrogens with zero attached hydrogens (tertiary/aromatic N) is 1. The van der Waals surface area contributed by atoms with Crippen molar-refractivity contribution in [1.82, 2.24) is 4.90 Å². The average Bonchev–Trinajstić information content (AvgIpc) is 2.14. The fourth-order valence-electron chi connectivity index (χ4n) is 2.33. The lowest BCUT2D eigenvalue weighted by Crippen LogP contribution is -2.57. The fraction of sp³-hybridized carbons (Fsp3) is 1.00. The largest absolute Gasteiger partial charge is 0.385 e. The van der Waals surface area contributed by atoms with E-state index in [0.29, 0.717) is 19.1 Å². The van der Waals surface area contributed by atoms with Crippen LogP contribution in [0.15, 0.2) is 0 Å². The molecular weight excluding hydrogens is 166 g/mol. The molecule has 0 aromatic carbocycles. The van der Waals surface area contributed by atoms with Crippen molar-refractivity contribution in [1.29, 1.82) is 0 Å². The minimum absolute atomic E-state index is 0.472. The van der Waals surface area contributed by atoms with Gasteiger partial charge in [0.25, 0.3) is 0 Å². The van der Waals surface area contributed by atoms with Gasteiger partial charge in [0.1, 0.15) is 5.60 Å². The van der Waals surface area contributed by atoms with Gasteiger partial charge in [-0.25, -0.2) is 0 Å². The van der Waals surface area contributed by atoms with Crippen LogP contribution in [-0.4, -0.2) is 48.5 Å². The molecule has 2 heterocycles. The molecule has 2 aliphatic heterocycles. The lowest BCUT2D eigenvalue weighted by molar-refractivity contribution is -0.213. The van der Waals surface area contributed by atoms with E-state index in [4.69, 9.17) is 4.74 Å². The second-order valence-electron chi connectivity index (χ2n) is 4.30. The molecule has 0 bridgehead atoms. The van der Waals surface area contributed by atoms with Crippen LogP contribution in [0.4, 0.5) is 0 Å². The molecule has 0 atom stereocenters. The molecule has 2 rings (SSSR count). The summed E-state index contributed by atoms with van der Waals surface area (Å²) in [7, 11) is 0. The minimum Gasteiger partial charge on any atom is -0.385 e.